The van der Waals surface area contributed by atoms with Gasteiger partial charge in [-0.2, -0.15) is 0 Å². The highest BCUT2D eigenvalue weighted by Crippen LogP contribution is 2.34. The van der Waals surface area contributed by atoms with E-state index in [0.717, 1.165) is 0 Å². The first kappa shape index (κ1) is 13.3. The van der Waals surface area contributed by atoms with Gasteiger partial charge in [-0.25, -0.2) is 4.79 Å². The molecule has 0 saturated heterocycles. The van der Waals surface area contributed by atoms with Crippen molar-refractivity contribution in [2.45, 2.75) is 13.3 Å². The molecule has 0 fully saturated rings. The fourth-order valence-electron chi connectivity index (χ4n) is 2.24. The van der Waals surface area contributed by atoms with Crippen molar-refractivity contribution >= 4 is 17.5 Å². The van der Waals surface area contributed by atoms with E-state index in [9.17, 15) is 14.4 Å². The number of ether oxygens (including phenoxy) is 2. The third-order valence-corrected chi connectivity index (χ3v) is 3.14. The first-order valence-electron chi connectivity index (χ1n) is 6.01. The minimum atomic E-state index is -0.981. The molecule has 0 bridgehead atoms. The summed E-state index contributed by atoms with van der Waals surface area (Å²) in [5.41, 5.74) is 1.12. The molecule has 5 heteroatoms. The van der Waals surface area contributed by atoms with E-state index in [2.05, 4.69) is 4.74 Å². The molecule has 1 unspecified atom stereocenters. The molecule has 100 valence electrons. The van der Waals surface area contributed by atoms with Gasteiger partial charge in [0.15, 0.2) is 5.78 Å². The minimum Gasteiger partial charge on any atom is -0.496 e. The Balaban J connectivity index is 2.28. The van der Waals surface area contributed by atoms with Crippen molar-refractivity contribution in [1.82, 2.24) is 0 Å². The largest absolute Gasteiger partial charge is 0.496 e. The zero-order valence-corrected chi connectivity index (χ0v) is 10.8. The SMILES string of the molecule is CCOC(=O)C(=O)C1Cc2c(OC)cccc2C1=O. The molecule has 1 aliphatic carbocycles. The maximum Gasteiger partial charge on any atom is 0.375 e. The van der Waals surface area contributed by atoms with E-state index in [1.54, 1.807) is 25.1 Å². The number of ketones is 2. The first-order chi connectivity index (χ1) is 9.10. The van der Waals surface area contributed by atoms with Crippen LogP contribution in [-0.4, -0.2) is 31.3 Å². The summed E-state index contributed by atoms with van der Waals surface area (Å²) in [6, 6.07) is 5.05. The van der Waals surface area contributed by atoms with Gasteiger partial charge in [0.05, 0.1) is 19.6 Å². The Morgan fingerprint density at radius 3 is 2.74 bits per heavy atom. The van der Waals surface area contributed by atoms with E-state index in [1.165, 1.54) is 7.11 Å². The van der Waals surface area contributed by atoms with Gasteiger partial charge in [0.2, 0.25) is 0 Å². The second-order valence-corrected chi connectivity index (χ2v) is 4.19. The third kappa shape index (κ3) is 2.23. The minimum absolute atomic E-state index is 0.113. The number of methoxy groups -OCH3 is 1. The van der Waals surface area contributed by atoms with Crippen LogP contribution in [0.2, 0.25) is 0 Å². The van der Waals surface area contributed by atoms with Crippen molar-refractivity contribution in [3.63, 3.8) is 0 Å². The van der Waals surface area contributed by atoms with Crippen molar-refractivity contribution in [3.8, 4) is 5.75 Å². The van der Waals surface area contributed by atoms with Crippen LogP contribution in [-0.2, 0) is 20.7 Å². The van der Waals surface area contributed by atoms with Crippen molar-refractivity contribution in [2.75, 3.05) is 13.7 Å². The van der Waals surface area contributed by atoms with Gasteiger partial charge in [-0.3, -0.25) is 9.59 Å². The first-order valence-corrected chi connectivity index (χ1v) is 6.01. The van der Waals surface area contributed by atoms with Gasteiger partial charge in [0, 0.05) is 11.1 Å². The Morgan fingerprint density at radius 1 is 1.37 bits per heavy atom. The number of carbonyl (C=O) groups excluding carboxylic acids is 3. The Kier molecular flexibility index (Phi) is 3.64. The van der Waals surface area contributed by atoms with E-state index < -0.39 is 17.7 Å². The maximum atomic E-state index is 12.1. The lowest BCUT2D eigenvalue weighted by molar-refractivity contribution is -0.154. The molecule has 1 atom stereocenters. The molecule has 0 aromatic heterocycles. The van der Waals surface area contributed by atoms with Gasteiger partial charge in [0.1, 0.15) is 5.75 Å². The van der Waals surface area contributed by atoms with Crippen molar-refractivity contribution in [2.24, 2.45) is 5.92 Å². The lowest BCUT2D eigenvalue weighted by atomic mass is 10.00. The van der Waals surface area contributed by atoms with Crippen LogP contribution >= 0.6 is 0 Å². The zero-order chi connectivity index (χ0) is 14.0. The summed E-state index contributed by atoms with van der Waals surface area (Å²) in [6.07, 6.45) is 0.190. The van der Waals surface area contributed by atoms with E-state index >= 15 is 0 Å². The monoisotopic (exact) mass is 262 g/mol. The van der Waals surface area contributed by atoms with Crippen LogP contribution in [0.25, 0.3) is 0 Å². The Hall–Kier alpha value is -2.17. The second-order valence-electron chi connectivity index (χ2n) is 4.19. The van der Waals surface area contributed by atoms with Crippen LogP contribution in [0.4, 0.5) is 0 Å². The fourth-order valence-corrected chi connectivity index (χ4v) is 2.24. The maximum absolute atomic E-state index is 12.1. The summed E-state index contributed by atoms with van der Waals surface area (Å²) >= 11 is 0. The summed E-state index contributed by atoms with van der Waals surface area (Å²) in [5, 5.41) is 0. The number of Topliss-reactive ketones (excluding diaryl/α,β-unsaturated/α-hetero) is 2. The molecule has 1 aromatic rings. The lowest BCUT2D eigenvalue weighted by Crippen LogP contribution is -2.29. The van der Waals surface area contributed by atoms with E-state index in [0.29, 0.717) is 16.9 Å². The molecule has 2 rings (SSSR count). The number of hydrogen-bond acceptors (Lipinski definition) is 5. The summed E-state index contributed by atoms with van der Waals surface area (Å²) in [7, 11) is 1.50. The molecule has 19 heavy (non-hydrogen) atoms. The van der Waals surface area contributed by atoms with Gasteiger partial charge in [-0.15, -0.1) is 0 Å². The molecule has 0 heterocycles. The summed E-state index contributed by atoms with van der Waals surface area (Å²) < 4.78 is 9.81. The van der Waals surface area contributed by atoms with E-state index in [4.69, 9.17) is 4.74 Å². The highest BCUT2D eigenvalue weighted by molar-refractivity contribution is 6.40. The molecule has 0 spiro atoms. The van der Waals surface area contributed by atoms with Gasteiger partial charge < -0.3 is 9.47 Å². The third-order valence-electron chi connectivity index (χ3n) is 3.14. The standard InChI is InChI=1S/C14H14O5/c1-3-19-14(17)13(16)10-7-9-8(12(10)15)5-4-6-11(9)18-2/h4-6,10H,3,7H2,1-2H3. The lowest BCUT2D eigenvalue weighted by Gasteiger charge is -2.06. The van der Waals surface area contributed by atoms with Crippen molar-refractivity contribution < 1.29 is 23.9 Å². The average molecular weight is 262 g/mol. The van der Waals surface area contributed by atoms with Gasteiger partial charge >= 0.3 is 5.97 Å². The van der Waals surface area contributed by atoms with Gasteiger partial charge in [0.25, 0.3) is 5.78 Å². The van der Waals surface area contributed by atoms with Crippen molar-refractivity contribution in [3.05, 3.63) is 29.3 Å². The van der Waals surface area contributed by atoms with Gasteiger partial charge in [-0.05, 0) is 19.4 Å². The van der Waals surface area contributed by atoms with Crippen LogP contribution in [0, 0.1) is 5.92 Å². The molecular weight excluding hydrogens is 248 g/mol. The molecule has 0 amide bonds. The number of rotatable bonds is 4. The fraction of sp³-hybridized carbons (Fsp3) is 0.357. The highest BCUT2D eigenvalue weighted by atomic mass is 16.5. The van der Waals surface area contributed by atoms with Gasteiger partial charge in [-0.1, -0.05) is 12.1 Å². The topological polar surface area (TPSA) is 69.7 Å². The van der Waals surface area contributed by atoms with E-state index in [-0.39, 0.29) is 18.8 Å². The second kappa shape index (κ2) is 5.22. The van der Waals surface area contributed by atoms with Crippen LogP contribution in [0.3, 0.4) is 0 Å². The predicted molar refractivity (Wildman–Crippen MR) is 66.2 cm³/mol. The van der Waals surface area contributed by atoms with Crippen LogP contribution in [0.15, 0.2) is 18.2 Å². The summed E-state index contributed by atoms with van der Waals surface area (Å²) in [6.45, 7) is 1.72. The number of fused-ring (bicyclic) bond motifs is 1. The number of esters is 1. The molecule has 1 aliphatic rings. The molecule has 0 saturated carbocycles. The predicted octanol–water partition coefficient (Wildman–Crippen LogP) is 1.18. The van der Waals surface area contributed by atoms with E-state index in [1.807, 2.05) is 0 Å². The summed E-state index contributed by atoms with van der Waals surface area (Å²) in [4.78, 5) is 35.4. The smallest absolute Gasteiger partial charge is 0.375 e. The quantitative estimate of drug-likeness (QED) is 0.463. The normalized spacial score (nSPS) is 16.9. The zero-order valence-electron chi connectivity index (χ0n) is 10.8. The summed E-state index contributed by atoms with van der Waals surface area (Å²) in [5.74, 6) is -2.50. The highest BCUT2D eigenvalue weighted by Gasteiger charge is 2.40. The molecule has 5 nitrogen and oxygen atoms in total. The van der Waals surface area contributed by atoms with Crippen LogP contribution < -0.4 is 4.74 Å². The molecule has 0 N–H and O–H groups in total. The Morgan fingerprint density at radius 2 is 2.11 bits per heavy atom. The number of benzene rings is 1. The average Bonchev–Trinajstić information content (AvgIpc) is 2.75. The molecular formula is C14H14O5. The molecule has 0 radical (unpaired) electrons. The van der Waals surface area contributed by atoms with Crippen molar-refractivity contribution in [1.29, 1.82) is 0 Å². The van der Waals surface area contributed by atoms with Crippen LogP contribution in [0.1, 0.15) is 22.8 Å². The Labute approximate surface area is 110 Å². The Bertz CT molecular complexity index is 547. The number of carbonyl (C=O) groups is 3. The van der Waals surface area contributed by atoms with Crippen LogP contribution in [0.5, 0.6) is 5.75 Å². The molecule has 0 aliphatic heterocycles. The molecule has 1 aromatic carbocycles. The number of hydrogen-bond donors (Lipinski definition) is 0.